The average Bonchev–Trinajstić information content (AvgIpc) is 2.56. The lowest BCUT2D eigenvalue weighted by Gasteiger charge is -2.36. The second-order valence-corrected chi connectivity index (χ2v) is 10.0. The van der Waals surface area contributed by atoms with Gasteiger partial charge in [-0.3, -0.25) is 9.21 Å². The van der Waals surface area contributed by atoms with Gasteiger partial charge in [0, 0.05) is 18.1 Å². The van der Waals surface area contributed by atoms with Gasteiger partial charge in [0.05, 0.1) is 23.0 Å². The van der Waals surface area contributed by atoms with Gasteiger partial charge in [-0.1, -0.05) is 23.7 Å². The number of benzene rings is 2. The van der Waals surface area contributed by atoms with Gasteiger partial charge < -0.3 is 0 Å². The lowest BCUT2D eigenvalue weighted by molar-refractivity contribution is 0.280. The molecule has 7 nitrogen and oxygen atoms in total. The zero-order valence-electron chi connectivity index (χ0n) is 13.7. The van der Waals surface area contributed by atoms with Crippen molar-refractivity contribution in [3.63, 3.8) is 0 Å². The van der Waals surface area contributed by atoms with Crippen LogP contribution in [0.15, 0.2) is 53.4 Å². The Hall–Kier alpha value is -1.65. The van der Waals surface area contributed by atoms with Crippen LogP contribution < -0.4 is 9.44 Å². The van der Waals surface area contributed by atoms with Crippen LogP contribution in [0, 0.1) is 0 Å². The zero-order chi connectivity index (χ0) is 18.9. The van der Waals surface area contributed by atoms with Gasteiger partial charge in [-0.2, -0.15) is 0 Å². The molecule has 2 N–H and O–H groups in total. The van der Waals surface area contributed by atoms with Gasteiger partial charge in [0.2, 0.25) is 20.0 Å². The summed E-state index contributed by atoms with van der Waals surface area (Å²) in [4.78, 5) is 1.92. The van der Waals surface area contributed by atoms with E-state index in [1.54, 1.807) is 6.07 Å². The monoisotopic (exact) mass is 415 g/mol. The van der Waals surface area contributed by atoms with Crippen LogP contribution >= 0.6 is 11.6 Å². The molecule has 140 valence electrons. The molecule has 3 rings (SSSR count). The van der Waals surface area contributed by atoms with Crippen molar-refractivity contribution in [3.05, 3.63) is 59.1 Å². The Labute approximate surface area is 158 Å². The third kappa shape index (κ3) is 4.36. The molecule has 1 saturated heterocycles. The van der Waals surface area contributed by atoms with Crippen molar-refractivity contribution < 1.29 is 16.8 Å². The number of hydrogen-bond acceptors (Lipinski definition) is 5. The highest BCUT2D eigenvalue weighted by molar-refractivity contribution is 7.92. The molecule has 0 amide bonds. The number of hydrogen-bond donors (Lipinski definition) is 1. The van der Waals surface area contributed by atoms with Gasteiger partial charge in [-0.15, -0.1) is 0 Å². The fourth-order valence-electron chi connectivity index (χ4n) is 2.76. The molecule has 0 saturated carbocycles. The van der Waals surface area contributed by atoms with E-state index in [1.807, 2.05) is 23.1 Å². The molecule has 1 aliphatic rings. The van der Waals surface area contributed by atoms with Crippen LogP contribution in [0.25, 0.3) is 0 Å². The van der Waals surface area contributed by atoms with Gasteiger partial charge in [-0.25, -0.2) is 22.0 Å². The number of nitrogens with two attached hydrogens (primary N) is 1. The summed E-state index contributed by atoms with van der Waals surface area (Å²) in [6, 6.07) is 12.9. The summed E-state index contributed by atoms with van der Waals surface area (Å²) in [5.41, 5.74) is 1.38. The largest absolute Gasteiger partial charge is 0.280 e. The van der Waals surface area contributed by atoms with E-state index in [1.165, 1.54) is 28.6 Å². The zero-order valence-corrected chi connectivity index (χ0v) is 16.1. The first-order valence-corrected chi connectivity index (χ1v) is 11.3. The van der Waals surface area contributed by atoms with Crippen molar-refractivity contribution in [3.8, 4) is 0 Å². The summed E-state index contributed by atoms with van der Waals surface area (Å²) < 4.78 is 48.9. The number of nitrogens with zero attached hydrogens (tertiary/aromatic N) is 2. The molecule has 0 radical (unpaired) electrons. The first kappa shape index (κ1) is 19.1. The molecule has 0 atom stereocenters. The SMILES string of the molecule is NS(=O)(=O)c1ccc(N2CN(Cc3cccc(Cl)c3)CCS2(=O)=O)cc1. The van der Waals surface area contributed by atoms with E-state index in [0.29, 0.717) is 23.8 Å². The summed E-state index contributed by atoms with van der Waals surface area (Å²) in [5, 5.41) is 5.71. The molecular weight excluding hydrogens is 398 g/mol. The van der Waals surface area contributed by atoms with Crippen LogP contribution in [0.3, 0.4) is 0 Å². The van der Waals surface area contributed by atoms with E-state index in [-0.39, 0.29) is 17.3 Å². The molecular formula is C16H18ClN3O4S2. The number of halogens is 1. The van der Waals surface area contributed by atoms with Gasteiger partial charge in [0.15, 0.2) is 0 Å². The van der Waals surface area contributed by atoms with Crippen molar-refractivity contribution in [1.82, 2.24) is 4.90 Å². The molecule has 0 unspecified atom stereocenters. The summed E-state index contributed by atoms with van der Waals surface area (Å²) in [6.07, 6.45) is 0. The molecule has 1 fully saturated rings. The molecule has 0 aliphatic carbocycles. The molecule has 0 spiro atoms. The van der Waals surface area contributed by atoms with Crippen LogP contribution in [0.5, 0.6) is 0 Å². The van der Waals surface area contributed by atoms with E-state index >= 15 is 0 Å². The standard InChI is InChI=1S/C16H18ClN3O4S2/c17-14-3-1-2-13(10-14)11-19-8-9-25(21,22)20(12-19)15-4-6-16(7-5-15)26(18,23)24/h1-7,10H,8-9,11-12H2,(H2,18,23,24). The number of sulfonamides is 2. The predicted molar refractivity (Wildman–Crippen MR) is 101 cm³/mol. The van der Waals surface area contributed by atoms with Crippen LogP contribution in [0.2, 0.25) is 5.02 Å². The maximum absolute atomic E-state index is 12.5. The average molecular weight is 416 g/mol. The second kappa shape index (κ2) is 7.16. The van der Waals surface area contributed by atoms with Gasteiger partial charge in [-0.05, 0) is 42.0 Å². The molecule has 0 bridgehead atoms. The predicted octanol–water partition coefficient (Wildman–Crippen LogP) is 1.60. The lowest BCUT2D eigenvalue weighted by atomic mass is 10.2. The van der Waals surface area contributed by atoms with E-state index < -0.39 is 20.0 Å². The normalized spacial score (nSPS) is 18.0. The first-order valence-electron chi connectivity index (χ1n) is 7.75. The minimum absolute atomic E-state index is 0.0233. The minimum atomic E-state index is -3.83. The van der Waals surface area contributed by atoms with Crippen molar-refractivity contribution in [2.75, 3.05) is 23.3 Å². The van der Waals surface area contributed by atoms with Crippen molar-refractivity contribution in [2.24, 2.45) is 5.14 Å². The van der Waals surface area contributed by atoms with Gasteiger partial charge in [0.1, 0.15) is 0 Å². The Balaban J connectivity index is 1.82. The molecule has 1 heterocycles. The molecule has 1 aliphatic heterocycles. The Morgan fingerprint density at radius 2 is 1.81 bits per heavy atom. The summed E-state index contributed by atoms with van der Waals surface area (Å²) in [5.74, 6) is -0.0233. The highest BCUT2D eigenvalue weighted by atomic mass is 35.5. The topological polar surface area (TPSA) is 101 Å². The van der Waals surface area contributed by atoms with Gasteiger partial charge in [0.25, 0.3) is 0 Å². The third-order valence-electron chi connectivity index (χ3n) is 4.08. The van der Waals surface area contributed by atoms with Crippen molar-refractivity contribution >= 4 is 37.3 Å². The quantitative estimate of drug-likeness (QED) is 0.817. The molecule has 10 heteroatoms. The minimum Gasteiger partial charge on any atom is -0.280 e. The maximum atomic E-state index is 12.5. The molecule has 2 aromatic carbocycles. The summed E-state index contributed by atoms with van der Waals surface area (Å²) in [6.45, 7) is 1.13. The molecule has 0 aromatic heterocycles. The number of primary sulfonamides is 1. The third-order valence-corrected chi connectivity index (χ3v) is 6.94. The van der Waals surface area contributed by atoms with E-state index in [4.69, 9.17) is 16.7 Å². The highest BCUT2D eigenvalue weighted by Gasteiger charge is 2.30. The van der Waals surface area contributed by atoms with Crippen LogP contribution in [0.4, 0.5) is 5.69 Å². The summed E-state index contributed by atoms with van der Waals surface area (Å²) in [7, 11) is -7.30. The smallest absolute Gasteiger partial charge is 0.238 e. The van der Waals surface area contributed by atoms with Gasteiger partial charge >= 0.3 is 0 Å². The molecule has 2 aromatic rings. The highest BCUT2D eigenvalue weighted by Crippen LogP contribution is 2.24. The fourth-order valence-corrected chi connectivity index (χ4v) is 4.98. The first-order chi connectivity index (χ1) is 12.1. The summed E-state index contributed by atoms with van der Waals surface area (Å²) >= 11 is 6.00. The van der Waals surface area contributed by atoms with Crippen molar-refractivity contribution in [1.29, 1.82) is 0 Å². The second-order valence-electron chi connectivity index (χ2n) is 6.03. The Morgan fingerprint density at radius 1 is 1.12 bits per heavy atom. The maximum Gasteiger partial charge on any atom is 0.238 e. The lowest BCUT2D eigenvalue weighted by Crippen LogP contribution is -2.50. The van der Waals surface area contributed by atoms with E-state index in [2.05, 4.69) is 0 Å². The van der Waals surface area contributed by atoms with Crippen LogP contribution in [-0.2, 0) is 26.6 Å². The fraction of sp³-hybridized carbons (Fsp3) is 0.250. The Morgan fingerprint density at radius 3 is 2.42 bits per heavy atom. The Bertz CT molecular complexity index is 1010. The van der Waals surface area contributed by atoms with Crippen molar-refractivity contribution in [2.45, 2.75) is 11.4 Å². The number of anilines is 1. The van der Waals surface area contributed by atoms with Crippen LogP contribution in [0.1, 0.15) is 5.56 Å². The van der Waals surface area contributed by atoms with E-state index in [0.717, 1.165) is 5.56 Å². The number of rotatable bonds is 4. The van der Waals surface area contributed by atoms with E-state index in [9.17, 15) is 16.8 Å². The van der Waals surface area contributed by atoms with Crippen LogP contribution in [-0.4, -0.2) is 40.7 Å². The molecule has 26 heavy (non-hydrogen) atoms. The Kier molecular flexibility index (Phi) is 5.27.